The van der Waals surface area contributed by atoms with Crippen molar-refractivity contribution in [1.29, 1.82) is 0 Å². The summed E-state index contributed by atoms with van der Waals surface area (Å²) in [6, 6.07) is 5.99. The van der Waals surface area contributed by atoms with Crippen LogP contribution < -0.4 is 16.0 Å². The summed E-state index contributed by atoms with van der Waals surface area (Å²) in [6.45, 7) is 8.94. The molecule has 8 nitrogen and oxygen atoms in total. The summed E-state index contributed by atoms with van der Waals surface area (Å²) in [6.07, 6.45) is 4.71. The van der Waals surface area contributed by atoms with E-state index in [1.54, 1.807) is 11.1 Å². The smallest absolute Gasteiger partial charge is 0.271 e. The van der Waals surface area contributed by atoms with Crippen molar-refractivity contribution in [3.63, 3.8) is 0 Å². The molecule has 0 radical (unpaired) electrons. The molecule has 1 saturated heterocycles. The van der Waals surface area contributed by atoms with Gasteiger partial charge in [0.15, 0.2) is 11.5 Å². The van der Waals surface area contributed by atoms with E-state index in [0.717, 1.165) is 30.6 Å². The normalized spacial score (nSPS) is 16.1. The van der Waals surface area contributed by atoms with Crippen molar-refractivity contribution in [2.24, 2.45) is 5.73 Å². The molecule has 30 heavy (non-hydrogen) atoms. The SMILES string of the molecule is C=CC(=O)N1CCC[C@@H](N(C)c2cnc(C(N)=O)c(Nc3ccc(C)c(C)c3)n2)C1. The number of hydrogen-bond donors (Lipinski definition) is 2. The predicted molar refractivity (Wildman–Crippen MR) is 118 cm³/mol. The zero-order valence-corrected chi connectivity index (χ0v) is 17.7. The van der Waals surface area contributed by atoms with Gasteiger partial charge in [-0.25, -0.2) is 9.97 Å². The molecule has 2 aromatic rings. The van der Waals surface area contributed by atoms with Crippen molar-refractivity contribution in [2.75, 3.05) is 30.4 Å². The highest BCUT2D eigenvalue weighted by Crippen LogP contribution is 2.25. The van der Waals surface area contributed by atoms with Crippen molar-refractivity contribution >= 4 is 29.1 Å². The second-order valence-corrected chi connectivity index (χ2v) is 7.61. The van der Waals surface area contributed by atoms with Crippen LogP contribution in [0.25, 0.3) is 0 Å². The van der Waals surface area contributed by atoms with Crippen LogP contribution in [0.2, 0.25) is 0 Å². The van der Waals surface area contributed by atoms with Crippen LogP contribution in [0.1, 0.15) is 34.5 Å². The number of aromatic nitrogens is 2. The first-order chi connectivity index (χ1) is 14.3. The second-order valence-electron chi connectivity index (χ2n) is 7.61. The highest BCUT2D eigenvalue weighted by molar-refractivity contribution is 5.96. The van der Waals surface area contributed by atoms with Crippen LogP contribution in [0.5, 0.6) is 0 Å². The predicted octanol–water partition coefficient (Wildman–Crippen LogP) is 2.55. The van der Waals surface area contributed by atoms with E-state index in [9.17, 15) is 9.59 Å². The number of hydrogen-bond acceptors (Lipinski definition) is 6. The number of carbonyl (C=O) groups is 2. The Kier molecular flexibility index (Phi) is 6.34. The van der Waals surface area contributed by atoms with Gasteiger partial charge >= 0.3 is 0 Å². The monoisotopic (exact) mass is 408 g/mol. The standard InChI is InChI=1S/C22H28N6O2/c1-5-19(29)28-10-6-7-17(13-28)27(4)18-12-24-20(21(23)30)22(26-18)25-16-9-8-14(2)15(3)11-16/h5,8-9,11-12,17H,1,6-7,10,13H2,2-4H3,(H2,23,30)(H,25,26)/t17-/m1/s1. The van der Waals surface area contributed by atoms with Crippen molar-refractivity contribution in [3.05, 3.63) is 53.9 Å². The van der Waals surface area contributed by atoms with Crippen LogP contribution in [0, 0.1) is 13.8 Å². The summed E-state index contributed by atoms with van der Waals surface area (Å²) in [5.41, 5.74) is 8.69. The molecule has 2 heterocycles. The van der Waals surface area contributed by atoms with Crippen molar-refractivity contribution in [3.8, 4) is 0 Å². The molecule has 0 spiro atoms. The van der Waals surface area contributed by atoms with Gasteiger partial charge < -0.3 is 20.9 Å². The van der Waals surface area contributed by atoms with Gasteiger partial charge in [-0.3, -0.25) is 9.59 Å². The van der Waals surface area contributed by atoms with Gasteiger partial charge in [0, 0.05) is 31.9 Å². The van der Waals surface area contributed by atoms with Crippen LogP contribution >= 0.6 is 0 Å². The van der Waals surface area contributed by atoms with E-state index in [1.807, 2.05) is 44.0 Å². The van der Waals surface area contributed by atoms with E-state index in [4.69, 9.17) is 5.73 Å². The summed E-state index contributed by atoms with van der Waals surface area (Å²) < 4.78 is 0. The number of likely N-dealkylation sites (tertiary alicyclic amines) is 1. The number of primary amides is 1. The molecular formula is C22H28N6O2. The summed E-state index contributed by atoms with van der Waals surface area (Å²) in [5.74, 6) is 0.193. The van der Waals surface area contributed by atoms with E-state index >= 15 is 0 Å². The van der Waals surface area contributed by atoms with Gasteiger partial charge in [-0.2, -0.15) is 0 Å². The average Bonchev–Trinajstić information content (AvgIpc) is 2.75. The Morgan fingerprint density at radius 3 is 2.77 bits per heavy atom. The Morgan fingerprint density at radius 2 is 2.10 bits per heavy atom. The molecule has 0 aliphatic carbocycles. The Morgan fingerprint density at radius 1 is 1.33 bits per heavy atom. The molecule has 1 aliphatic heterocycles. The number of anilines is 3. The van der Waals surface area contributed by atoms with Gasteiger partial charge in [-0.1, -0.05) is 12.6 Å². The zero-order chi connectivity index (χ0) is 21.8. The van der Waals surface area contributed by atoms with E-state index in [0.29, 0.717) is 18.2 Å². The van der Waals surface area contributed by atoms with E-state index in [-0.39, 0.29) is 17.6 Å². The fraction of sp³-hybridized carbons (Fsp3) is 0.364. The third-order valence-corrected chi connectivity index (χ3v) is 5.55. The topological polar surface area (TPSA) is 104 Å². The number of nitrogens with two attached hydrogens (primary N) is 1. The summed E-state index contributed by atoms with van der Waals surface area (Å²) in [7, 11) is 1.92. The lowest BCUT2D eigenvalue weighted by Crippen LogP contribution is -2.48. The van der Waals surface area contributed by atoms with Crippen LogP contribution in [-0.2, 0) is 4.79 Å². The summed E-state index contributed by atoms with van der Waals surface area (Å²) in [4.78, 5) is 36.6. The lowest BCUT2D eigenvalue weighted by molar-refractivity contribution is -0.127. The molecule has 1 fully saturated rings. The van der Waals surface area contributed by atoms with Gasteiger partial charge in [-0.05, 0) is 56.0 Å². The first-order valence-electron chi connectivity index (χ1n) is 9.95. The molecular weight excluding hydrogens is 380 g/mol. The first-order valence-corrected chi connectivity index (χ1v) is 9.95. The summed E-state index contributed by atoms with van der Waals surface area (Å²) >= 11 is 0. The quantitative estimate of drug-likeness (QED) is 0.712. The molecule has 3 rings (SSSR count). The van der Waals surface area contributed by atoms with Gasteiger partial charge in [-0.15, -0.1) is 0 Å². The molecule has 1 aromatic heterocycles. The molecule has 2 amide bonds. The van der Waals surface area contributed by atoms with Crippen LogP contribution in [0.15, 0.2) is 37.1 Å². The number of amides is 2. The molecule has 8 heteroatoms. The maximum atomic E-state index is 12.0. The van der Waals surface area contributed by atoms with Gasteiger partial charge in [0.05, 0.1) is 6.20 Å². The minimum absolute atomic E-state index is 0.0691. The number of likely N-dealkylation sites (N-methyl/N-ethyl adjacent to an activating group) is 1. The molecule has 1 aliphatic rings. The molecule has 0 saturated carbocycles. The number of carbonyl (C=O) groups excluding carboxylic acids is 2. The number of rotatable bonds is 6. The second kappa shape index (κ2) is 8.94. The maximum absolute atomic E-state index is 12.0. The Balaban J connectivity index is 1.87. The van der Waals surface area contributed by atoms with Crippen LogP contribution in [0.3, 0.4) is 0 Å². The number of benzene rings is 1. The van der Waals surface area contributed by atoms with Crippen molar-refractivity contribution in [2.45, 2.75) is 32.7 Å². The van der Waals surface area contributed by atoms with Crippen molar-refractivity contribution in [1.82, 2.24) is 14.9 Å². The molecule has 1 aromatic carbocycles. The summed E-state index contributed by atoms with van der Waals surface area (Å²) in [5, 5.41) is 3.18. The highest BCUT2D eigenvalue weighted by Gasteiger charge is 2.27. The molecule has 3 N–H and O–H groups in total. The average molecular weight is 409 g/mol. The largest absolute Gasteiger partial charge is 0.364 e. The fourth-order valence-corrected chi connectivity index (χ4v) is 3.56. The Bertz CT molecular complexity index is 974. The van der Waals surface area contributed by atoms with Crippen molar-refractivity contribution < 1.29 is 9.59 Å². The Labute approximate surface area is 176 Å². The van der Waals surface area contributed by atoms with Gasteiger partial charge in [0.2, 0.25) is 5.91 Å². The third kappa shape index (κ3) is 4.59. The van der Waals surface area contributed by atoms with Crippen LogP contribution in [0.4, 0.5) is 17.3 Å². The minimum atomic E-state index is -0.650. The molecule has 0 unspecified atom stereocenters. The van der Waals surface area contributed by atoms with Gasteiger partial charge in [0.25, 0.3) is 5.91 Å². The zero-order valence-electron chi connectivity index (χ0n) is 17.7. The lowest BCUT2D eigenvalue weighted by atomic mass is 10.0. The van der Waals surface area contributed by atoms with Crippen LogP contribution in [-0.4, -0.2) is 52.9 Å². The molecule has 0 bridgehead atoms. The number of aryl methyl sites for hydroxylation is 2. The Hall–Kier alpha value is -3.42. The molecule has 158 valence electrons. The van der Waals surface area contributed by atoms with Gasteiger partial charge in [0.1, 0.15) is 5.82 Å². The number of piperidine rings is 1. The fourth-order valence-electron chi connectivity index (χ4n) is 3.56. The van der Waals surface area contributed by atoms with E-state index in [2.05, 4.69) is 21.9 Å². The minimum Gasteiger partial charge on any atom is -0.364 e. The number of nitrogens with zero attached hydrogens (tertiary/aromatic N) is 4. The maximum Gasteiger partial charge on any atom is 0.271 e. The highest BCUT2D eigenvalue weighted by atomic mass is 16.2. The third-order valence-electron chi connectivity index (χ3n) is 5.55. The van der Waals surface area contributed by atoms with E-state index < -0.39 is 5.91 Å². The lowest BCUT2D eigenvalue weighted by Gasteiger charge is -2.37. The first kappa shape index (κ1) is 21.3. The molecule has 1 atom stereocenters. The number of nitrogens with one attached hydrogen (secondary N) is 1. The van der Waals surface area contributed by atoms with E-state index in [1.165, 1.54) is 11.6 Å².